The SMILES string of the molecule is CCOC(=O)CCCOc1ccc(C#Cc2cc(CN3CCNCCN(Cc4cc(C#Cc5ccc(OCCCC(=O)OCC)c(N(C)CC)c5)cc(P(C)(=O)OCC)n4)CC3)nc(P(C)OCC)c2)cc1N(C)CC. The minimum Gasteiger partial charge on any atom is -0.491 e. The average Bonchev–Trinajstić information content (AvgIpc) is 3.52. The van der Waals surface area contributed by atoms with E-state index in [9.17, 15) is 14.2 Å². The minimum absolute atomic E-state index is 0.217. The Morgan fingerprint density at radius 2 is 1.13 bits per heavy atom. The van der Waals surface area contributed by atoms with Crippen molar-refractivity contribution in [2.24, 2.45) is 0 Å². The molecular formula is C58H81N7O9P2. The molecule has 76 heavy (non-hydrogen) atoms. The Hall–Kier alpha value is -5.54. The molecule has 18 heteroatoms. The van der Waals surface area contributed by atoms with Gasteiger partial charge in [0.25, 0.3) is 0 Å². The fraction of sp³-hybridized carbons (Fsp3) is 0.517. The van der Waals surface area contributed by atoms with Crippen molar-refractivity contribution < 1.29 is 42.1 Å². The van der Waals surface area contributed by atoms with Crippen molar-refractivity contribution in [3.8, 4) is 35.2 Å². The molecule has 2 unspecified atom stereocenters. The molecule has 5 rings (SSSR count). The standard InChI is InChI=1S/C58H81N7O9P2/c1-11-62(7)51-39-45(25-27-53(51)71-35-17-19-57(66)69-13-3)21-23-47-37-49(60-55(41-47)75(9)73-15-5)43-64-31-29-59-30-32-65(34-33-64)44-50-38-48(42-56(61-50)76(10,68)74-16-6)24-22-46-26-28-54(52(40-46)63(8)12-2)72-36-18-20-58(67)70-14-4/h25-28,37-42,59H,11-20,29-36,43-44H2,1-10H3. The summed E-state index contributed by atoms with van der Waals surface area (Å²) in [7, 11) is -0.185. The Kier molecular flexibility index (Phi) is 26.0. The summed E-state index contributed by atoms with van der Waals surface area (Å²) in [6, 6.07) is 19.7. The molecule has 2 aromatic heterocycles. The fourth-order valence-electron chi connectivity index (χ4n) is 8.20. The van der Waals surface area contributed by atoms with Crippen molar-refractivity contribution in [2.45, 2.75) is 80.3 Å². The molecule has 1 N–H and O–H groups in total. The van der Waals surface area contributed by atoms with Crippen LogP contribution in [-0.2, 0) is 45.8 Å². The molecule has 1 fully saturated rings. The number of esters is 2. The molecular weight excluding hydrogens is 1000 g/mol. The number of ether oxygens (including phenoxy) is 4. The lowest BCUT2D eigenvalue weighted by Gasteiger charge is -2.26. The van der Waals surface area contributed by atoms with Crippen LogP contribution in [0.1, 0.15) is 101 Å². The van der Waals surface area contributed by atoms with Crippen LogP contribution in [0.4, 0.5) is 11.4 Å². The summed E-state index contributed by atoms with van der Waals surface area (Å²) < 4.78 is 48.2. The minimum atomic E-state index is -3.25. The molecule has 0 bridgehead atoms. The van der Waals surface area contributed by atoms with Gasteiger partial charge in [-0.3, -0.25) is 24.0 Å². The predicted octanol–water partition coefficient (Wildman–Crippen LogP) is 7.80. The average molecular weight is 1080 g/mol. The number of aromatic nitrogens is 2. The highest BCUT2D eigenvalue weighted by Gasteiger charge is 2.23. The zero-order chi connectivity index (χ0) is 54.9. The Bertz CT molecular complexity index is 2690. The highest BCUT2D eigenvalue weighted by Crippen LogP contribution is 2.40. The van der Waals surface area contributed by atoms with E-state index in [-0.39, 0.29) is 11.9 Å². The molecule has 412 valence electrons. The normalized spacial score (nSPS) is 14.3. The molecule has 4 aromatic rings. The predicted molar refractivity (Wildman–Crippen MR) is 306 cm³/mol. The van der Waals surface area contributed by atoms with Crippen molar-refractivity contribution >= 4 is 49.7 Å². The first-order valence-corrected chi connectivity index (χ1v) is 30.5. The number of rotatable bonds is 26. The van der Waals surface area contributed by atoms with Crippen LogP contribution in [0.5, 0.6) is 11.5 Å². The highest BCUT2D eigenvalue weighted by atomic mass is 31.2. The molecule has 1 aliphatic rings. The molecule has 0 radical (unpaired) electrons. The van der Waals surface area contributed by atoms with Gasteiger partial charge in [-0.15, -0.1) is 0 Å². The Morgan fingerprint density at radius 1 is 0.645 bits per heavy atom. The van der Waals surface area contributed by atoms with Crippen molar-refractivity contribution in [2.75, 3.05) is 129 Å². The van der Waals surface area contributed by atoms with Gasteiger partial charge in [0.2, 0.25) is 7.37 Å². The van der Waals surface area contributed by atoms with Crippen molar-refractivity contribution in [3.63, 3.8) is 0 Å². The monoisotopic (exact) mass is 1080 g/mol. The van der Waals surface area contributed by atoms with Gasteiger partial charge in [-0.1, -0.05) is 23.7 Å². The van der Waals surface area contributed by atoms with E-state index in [2.05, 4.69) is 75.2 Å². The van der Waals surface area contributed by atoms with Crippen LogP contribution in [0.3, 0.4) is 0 Å². The van der Waals surface area contributed by atoms with Gasteiger partial charge >= 0.3 is 11.9 Å². The van der Waals surface area contributed by atoms with Crippen molar-refractivity contribution in [1.29, 1.82) is 0 Å². The summed E-state index contributed by atoms with van der Waals surface area (Å²) in [5.41, 5.74) is 8.02. The second-order valence-electron chi connectivity index (χ2n) is 18.3. The zero-order valence-electron chi connectivity index (χ0n) is 46.7. The number of anilines is 2. The molecule has 0 saturated carbocycles. The number of carbonyl (C=O) groups is 2. The summed E-state index contributed by atoms with van der Waals surface area (Å²) in [6.45, 7) is 25.2. The van der Waals surface area contributed by atoms with Crippen molar-refractivity contribution in [1.82, 2.24) is 25.1 Å². The second kappa shape index (κ2) is 32.3. The Morgan fingerprint density at radius 3 is 1.61 bits per heavy atom. The maximum Gasteiger partial charge on any atom is 0.305 e. The molecule has 2 aromatic carbocycles. The van der Waals surface area contributed by atoms with Crippen LogP contribution < -0.4 is 35.5 Å². The molecule has 0 aliphatic carbocycles. The van der Waals surface area contributed by atoms with Gasteiger partial charge in [0, 0.05) is 128 Å². The van der Waals surface area contributed by atoms with Gasteiger partial charge in [0.15, 0.2) is 0 Å². The third-order valence-electron chi connectivity index (χ3n) is 12.4. The molecule has 2 atom stereocenters. The molecule has 16 nitrogen and oxygen atoms in total. The molecule has 1 saturated heterocycles. The first-order valence-electron chi connectivity index (χ1n) is 26.8. The van der Waals surface area contributed by atoms with E-state index < -0.39 is 15.5 Å². The van der Waals surface area contributed by atoms with Gasteiger partial charge in [-0.25, -0.2) is 9.97 Å². The van der Waals surface area contributed by atoms with E-state index in [4.69, 9.17) is 38.0 Å². The number of benzene rings is 2. The summed E-state index contributed by atoms with van der Waals surface area (Å²) in [6.07, 6.45) is 1.73. The molecule has 0 amide bonds. The quantitative estimate of drug-likeness (QED) is 0.0281. The second-order valence-corrected chi connectivity index (χ2v) is 22.4. The first kappa shape index (κ1) is 61.3. The van der Waals surface area contributed by atoms with Crippen LogP contribution >= 0.6 is 15.5 Å². The summed E-state index contributed by atoms with van der Waals surface area (Å²) >= 11 is 0. The Labute approximate surface area is 454 Å². The maximum atomic E-state index is 13.9. The fourth-order valence-corrected chi connectivity index (χ4v) is 10.6. The highest BCUT2D eigenvalue weighted by molar-refractivity contribution is 7.66. The lowest BCUT2D eigenvalue weighted by Crippen LogP contribution is -2.36. The number of hydrogen-bond donors (Lipinski definition) is 1. The largest absolute Gasteiger partial charge is 0.491 e. The number of nitrogens with zero attached hydrogens (tertiary/aromatic N) is 6. The topological polar surface area (TPSA) is 157 Å². The summed E-state index contributed by atoms with van der Waals surface area (Å²) in [4.78, 5) is 42.8. The van der Waals surface area contributed by atoms with Gasteiger partial charge < -0.3 is 43.1 Å². The number of hydrogen-bond acceptors (Lipinski definition) is 16. The van der Waals surface area contributed by atoms with Gasteiger partial charge in [0.05, 0.1) is 69.4 Å². The van der Waals surface area contributed by atoms with E-state index >= 15 is 0 Å². The smallest absolute Gasteiger partial charge is 0.305 e. The lowest BCUT2D eigenvalue weighted by molar-refractivity contribution is -0.144. The van der Waals surface area contributed by atoms with Gasteiger partial charge in [-0.2, -0.15) is 0 Å². The third kappa shape index (κ3) is 20.1. The lowest BCUT2D eigenvalue weighted by atomic mass is 10.1. The third-order valence-corrected chi connectivity index (χ3v) is 15.8. The van der Waals surface area contributed by atoms with Crippen LogP contribution in [-0.4, -0.2) is 151 Å². The number of carbonyl (C=O) groups excluding carboxylic acids is 2. The number of nitrogens with one attached hydrogen (secondary N) is 1. The van der Waals surface area contributed by atoms with E-state index in [1.807, 2.05) is 76.5 Å². The van der Waals surface area contributed by atoms with Gasteiger partial charge in [0.1, 0.15) is 16.9 Å². The molecule has 3 heterocycles. The van der Waals surface area contributed by atoms with Gasteiger partial charge in [-0.05, 0) is 122 Å². The maximum absolute atomic E-state index is 13.9. The van der Waals surface area contributed by atoms with Crippen LogP contribution in [0.2, 0.25) is 0 Å². The zero-order valence-corrected chi connectivity index (χ0v) is 48.5. The van der Waals surface area contributed by atoms with Crippen LogP contribution in [0.25, 0.3) is 0 Å². The van der Waals surface area contributed by atoms with Crippen LogP contribution in [0, 0.1) is 23.7 Å². The molecule has 1 aliphatic heterocycles. The van der Waals surface area contributed by atoms with E-state index in [1.54, 1.807) is 26.6 Å². The molecule has 0 spiro atoms. The summed E-state index contributed by atoms with van der Waals surface area (Å²) in [5.74, 6) is 14.6. The van der Waals surface area contributed by atoms with E-state index in [0.717, 1.165) is 103 Å². The summed E-state index contributed by atoms with van der Waals surface area (Å²) in [5, 5.41) is 3.63. The van der Waals surface area contributed by atoms with E-state index in [1.165, 1.54) is 0 Å². The van der Waals surface area contributed by atoms with E-state index in [0.29, 0.717) is 95.2 Å². The first-order chi connectivity index (χ1) is 36.7. The van der Waals surface area contributed by atoms with Crippen molar-refractivity contribution in [3.05, 3.63) is 94.3 Å². The number of pyridine rings is 2. The Balaban J connectivity index is 1.35. The van der Waals surface area contributed by atoms with Crippen LogP contribution in [0.15, 0.2) is 60.7 Å².